The molecular weight excluding hydrogens is 156 g/mol. The van der Waals surface area contributed by atoms with E-state index in [-0.39, 0.29) is 12.6 Å². The van der Waals surface area contributed by atoms with Crippen molar-refractivity contribution >= 4 is 0 Å². The fourth-order valence-corrected chi connectivity index (χ4v) is 1.15. The zero-order chi connectivity index (χ0) is 8.55. The average Bonchev–Trinajstić information content (AvgIpc) is 2.82. The molecule has 0 radical (unpaired) electrons. The summed E-state index contributed by atoms with van der Waals surface area (Å²) in [5, 5.41) is 3.76. The van der Waals surface area contributed by atoms with Crippen molar-refractivity contribution in [1.82, 2.24) is 10.1 Å². The third-order valence-electron chi connectivity index (χ3n) is 2.09. The molecule has 0 spiro atoms. The second-order valence-electron chi connectivity index (χ2n) is 3.11. The molecule has 0 aromatic carbocycles. The largest absolute Gasteiger partial charge is 0.338 e. The van der Waals surface area contributed by atoms with Crippen molar-refractivity contribution in [3.63, 3.8) is 0 Å². The highest BCUT2D eigenvalue weighted by Crippen LogP contribution is 2.38. The van der Waals surface area contributed by atoms with Crippen molar-refractivity contribution in [2.75, 3.05) is 0 Å². The van der Waals surface area contributed by atoms with Gasteiger partial charge in [-0.2, -0.15) is 4.98 Å². The second kappa shape index (κ2) is 2.84. The molecule has 0 aliphatic heterocycles. The van der Waals surface area contributed by atoms with Crippen molar-refractivity contribution in [3.8, 4) is 0 Å². The smallest absolute Gasteiger partial charge is 0.240 e. The Hall–Kier alpha value is -0.940. The first kappa shape index (κ1) is 7.70. The average molecular weight is 168 g/mol. The monoisotopic (exact) mass is 168 g/mol. The number of rotatable bonds is 3. The first-order chi connectivity index (χ1) is 5.81. The summed E-state index contributed by atoms with van der Waals surface area (Å²) in [4.78, 5) is 4.06. The SMILES string of the molecule is NCc1nc(C(N)C2CC2)no1. The zero-order valence-corrected chi connectivity index (χ0v) is 6.73. The van der Waals surface area contributed by atoms with E-state index in [0.717, 1.165) is 0 Å². The maximum atomic E-state index is 5.84. The molecule has 1 unspecified atom stereocenters. The van der Waals surface area contributed by atoms with Gasteiger partial charge in [0.1, 0.15) is 0 Å². The van der Waals surface area contributed by atoms with Gasteiger partial charge < -0.3 is 16.0 Å². The first-order valence-electron chi connectivity index (χ1n) is 4.09. The Morgan fingerprint density at radius 1 is 1.58 bits per heavy atom. The van der Waals surface area contributed by atoms with Crippen LogP contribution in [0.5, 0.6) is 0 Å². The van der Waals surface area contributed by atoms with E-state index in [0.29, 0.717) is 17.6 Å². The van der Waals surface area contributed by atoms with Crippen molar-refractivity contribution in [2.45, 2.75) is 25.4 Å². The van der Waals surface area contributed by atoms with E-state index in [9.17, 15) is 0 Å². The second-order valence-corrected chi connectivity index (χ2v) is 3.11. The van der Waals surface area contributed by atoms with Gasteiger partial charge in [0.05, 0.1) is 12.6 Å². The summed E-state index contributed by atoms with van der Waals surface area (Å²) in [6.07, 6.45) is 2.35. The van der Waals surface area contributed by atoms with E-state index < -0.39 is 0 Å². The number of hydrogen-bond acceptors (Lipinski definition) is 5. The van der Waals surface area contributed by atoms with Crippen LogP contribution in [-0.4, -0.2) is 10.1 Å². The van der Waals surface area contributed by atoms with Gasteiger partial charge in [-0.25, -0.2) is 0 Å². The van der Waals surface area contributed by atoms with E-state index in [1.807, 2.05) is 0 Å². The topological polar surface area (TPSA) is 91.0 Å². The Labute approximate surface area is 70.1 Å². The van der Waals surface area contributed by atoms with E-state index in [4.69, 9.17) is 16.0 Å². The molecule has 5 nitrogen and oxygen atoms in total. The molecule has 1 saturated carbocycles. The van der Waals surface area contributed by atoms with Crippen LogP contribution in [0.3, 0.4) is 0 Å². The molecule has 5 heteroatoms. The highest BCUT2D eigenvalue weighted by atomic mass is 16.5. The lowest BCUT2D eigenvalue weighted by Crippen LogP contribution is -2.14. The van der Waals surface area contributed by atoms with Gasteiger partial charge in [-0.05, 0) is 18.8 Å². The van der Waals surface area contributed by atoms with E-state index in [2.05, 4.69) is 10.1 Å². The molecule has 2 rings (SSSR count). The summed E-state index contributed by atoms with van der Waals surface area (Å²) in [6, 6.07) is -0.0611. The minimum Gasteiger partial charge on any atom is -0.338 e. The Morgan fingerprint density at radius 2 is 2.33 bits per heavy atom. The fraction of sp³-hybridized carbons (Fsp3) is 0.714. The molecule has 1 aliphatic rings. The molecule has 0 amide bonds. The van der Waals surface area contributed by atoms with Gasteiger partial charge in [-0.15, -0.1) is 0 Å². The molecule has 1 fully saturated rings. The lowest BCUT2D eigenvalue weighted by Gasteiger charge is -2.01. The van der Waals surface area contributed by atoms with Crippen LogP contribution in [0.25, 0.3) is 0 Å². The number of nitrogens with zero attached hydrogens (tertiary/aromatic N) is 2. The van der Waals surface area contributed by atoms with Gasteiger partial charge in [-0.1, -0.05) is 5.16 Å². The van der Waals surface area contributed by atoms with Crippen molar-refractivity contribution < 1.29 is 4.52 Å². The Morgan fingerprint density at radius 3 is 2.83 bits per heavy atom. The highest BCUT2D eigenvalue weighted by molar-refractivity contribution is 4.99. The molecule has 0 saturated heterocycles. The van der Waals surface area contributed by atoms with Gasteiger partial charge in [0, 0.05) is 0 Å². The molecule has 66 valence electrons. The number of aromatic nitrogens is 2. The lowest BCUT2D eigenvalue weighted by atomic mass is 10.2. The Bertz CT molecular complexity index is 268. The van der Waals surface area contributed by atoms with Crippen molar-refractivity contribution in [1.29, 1.82) is 0 Å². The summed E-state index contributed by atoms with van der Waals surface area (Å²) in [7, 11) is 0. The molecule has 0 bridgehead atoms. The van der Waals surface area contributed by atoms with Gasteiger partial charge in [0.2, 0.25) is 5.89 Å². The minimum absolute atomic E-state index is 0.0611. The third-order valence-corrected chi connectivity index (χ3v) is 2.09. The lowest BCUT2D eigenvalue weighted by molar-refractivity contribution is 0.369. The van der Waals surface area contributed by atoms with Crippen LogP contribution in [0.2, 0.25) is 0 Å². The van der Waals surface area contributed by atoms with E-state index in [1.54, 1.807) is 0 Å². The summed E-state index contributed by atoms with van der Waals surface area (Å²) in [5.41, 5.74) is 11.2. The predicted octanol–water partition coefficient (Wildman–Crippen LogP) is -0.0619. The maximum absolute atomic E-state index is 5.84. The van der Waals surface area contributed by atoms with E-state index >= 15 is 0 Å². The van der Waals surface area contributed by atoms with Crippen molar-refractivity contribution in [2.24, 2.45) is 17.4 Å². The Kier molecular flexibility index (Phi) is 1.82. The van der Waals surface area contributed by atoms with Crippen LogP contribution in [0.1, 0.15) is 30.6 Å². The van der Waals surface area contributed by atoms with Crippen LogP contribution >= 0.6 is 0 Å². The molecule has 12 heavy (non-hydrogen) atoms. The van der Waals surface area contributed by atoms with Gasteiger partial charge in [0.15, 0.2) is 5.82 Å². The predicted molar refractivity (Wildman–Crippen MR) is 41.8 cm³/mol. The van der Waals surface area contributed by atoms with Gasteiger partial charge in [0.25, 0.3) is 0 Å². The molecule has 4 N–H and O–H groups in total. The molecule has 1 aromatic rings. The third kappa shape index (κ3) is 1.33. The molecular formula is C7H12N4O. The Balaban J connectivity index is 2.10. The van der Waals surface area contributed by atoms with Gasteiger partial charge >= 0.3 is 0 Å². The highest BCUT2D eigenvalue weighted by Gasteiger charge is 2.32. The van der Waals surface area contributed by atoms with Crippen LogP contribution in [-0.2, 0) is 6.54 Å². The quantitative estimate of drug-likeness (QED) is 0.659. The van der Waals surface area contributed by atoms with Crippen LogP contribution in [0, 0.1) is 5.92 Å². The first-order valence-corrected chi connectivity index (χ1v) is 4.09. The summed E-state index contributed by atoms with van der Waals surface area (Å²) in [5.74, 6) is 1.60. The standard InChI is InChI=1S/C7H12N4O/c8-3-5-10-7(11-12-5)6(9)4-1-2-4/h4,6H,1-3,8-9H2. The number of nitrogens with two attached hydrogens (primary N) is 2. The van der Waals surface area contributed by atoms with Crippen molar-refractivity contribution in [3.05, 3.63) is 11.7 Å². The number of hydrogen-bond donors (Lipinski definition) is 2. The normalized spacial score (nSPS) is 19.5. The van der Waals surface area contributed by atoms with Gasteiger partial charge in [-0.3, -0.25) is 0 Å². The molecule has 1 atom stereocenters. The van der Waals surface area contributed by atoms with Crippen LogP contribution in [0.15, 0.2) is 4.52 Å². The van der Waals surface area contributed by atoms with Crippen LogP contribution < -0.4 is 11.5 Å². The van der Waals surface area contributed by atoms with Crippen LogP contribution in [0.4, 0.5) is 0 Å². The maximum Gasteiger partial charge on any atom is 0.240 e. The summed E-state index contributed by atoms with van der Waals surface area (Å²) in [6.45, 7) is 0.282. The van der Waals surface area contributed by atoms with E-state index in [1.165, 1.54) is 12.8 Å². The zero-order valence-electron chi connectivity index (χ0n) is 6.73. The molecule has 1 aliphatic carbocycles. The molecule has 1 heterocycles. The summed E-state index contributed by atoms with van der Waals surface area (Å²) < 4.78 is 4.85. The minimum atomic E-state index is -0.0611. The fourth-order valence-electron chi connectivity index (χ4n) is 1.15. The summed E-state index contributed by atoms with van der Waals surface area (Å²) >= 11 is 0. The molecule has 1 aromatic heterocycles.